The molecule has 2 unspecified atom stereocenters. The fourth-order valence-corrected chi connectivity index (χ4v) is 4.44. The molecular formula is C20H24ClN3O3S. The molecule has 2 aromatic rings. The van der Waals surface area contributed by atoms with Gasteiger partial charge in [-0.15, -0.1) is 11.3 Å². The minimum Gasteiger partial charge on any atom is -0.495 e. The zero-order chi connectivity index (χ0) is 20.3. The molecule has 150 valence electrons. The van der Waals surface area contributed by atoms with Crippen LogP contribution in [0.4, 0.5) is 5.69 Å². The highest BCUT2D eigenvalue weighted by Crippen LogP contribution is 2.35. The van der Waals surface area contributed by atoms with Crippen LogP contribution >= 0.6 is 22.9 Å². The Balaban J connectivity index is 1.66. The molecule has 2 amide bonds. The maximum absolute atomic E-state index is 12.7. The van der Waals surface area contributed by atoms with Gasteiger partial charge in [0.25, 0.3) is 0 Å². The number of ether oxygens (including phenoxy) is 1. The quantitative estimate of drug-likeness (QED) is 0.745. The Hall–Kier alpha value is -2.09. The second-order valence-electron chi connectivity index (χ2n) is 6.96. The molecule has 0 bridgehead atoms. The van der Waals surface area contributed by atoms with E-state index in [1.807, 2.05) is 25.5 Å². The van der Waals surface area contributed by atoms with E-state index < -0.39 is 5.92 Å². The van der Waals surface area contributed by atoms with Gasteiger partial charge in [0, 0.05) is 29.4 Å². The molecule has 3 rings (SSSR count). The molecule has 0 radical (unpaired) electrons. The van der Waals surface area contributed by atoms with E-state index in [2.05, 4.69) is 16.3 Å². The predicted octanol–water partition coefficient (Wildman–Crippen LogP) is 3.18. The lowest BCUT2D eigenvalue weighted by atomic mass is 10.1. The van der Waals surface area contributed by atoms with Crippen molar-refractivity contribution in [1.82, 2.24) is 10.2 Å². The number of anilines is 1. The number of methoxy groups -OCH3 is 1. The molecular weight excluding hydrogens is 398 g/mol. The summed E-state index contributed by atoms with van der Waals surface area (Å²) in [5, 5.41) is 5.56. The number of hydrogen-bond donors (Lipinski definition) is 1. The fourth-order valence-electron chi connectivity index (χ4n) is 3.35. The highest BCUT2D eigenvalue weighted by atomic mass is 35.5. The standard InChI is InChI=1S/C20H24ClN3O3S/c1-23(2)16(18-5-4-8-28-18)11-22-20(26)13-9-19(25)24(12-13)15-10-14(21)6-7-17(15)27-3/h4-8,10,13,16H,9,11-12H2,1-3H3,(H,22,26). The number of nitrogens with one attached hydrogen (secondary N) is 1. The third kappa shape index (κ3) is 4.48. The third-order valence-corrected chi connectivity index (χ3v) is 6.10. The lowest BCUT2D eigenvalue weighted by molar-refractivity contribution is -0.126. The zero-order valence-electron chi connectivity index (χ0n) is 16.1. The summed E-state index contributed by atoms with van der Waals surface area (Å²) in [4.78, 5) is 30.1. The topological polar surface area (TPSA) is 61.9 Å². The van der Waals surface area contributed by atoms with Crippen molar-refractivity contribution in [1.29, 1.82) is 0 Å². The average Bonchev–Trinajstić information content (AvgIpc) is 3.31. The van der Waals surface area contributed by atoms with Crippen LogP contribution in [-0.4, -0.2) is 51.0 Å². The van der Waals surface area contributed by atoms with E-state index >= 15 is 0 Å². The molecule has 1 aromatic carbocycles. The first kappa shape index (κ1) is 20.6. The van der Waals surface area contributed by atoms with Gasteiger partial charge in [0.15, 0.2) is 0 Å². The summed E-state index contributed by atoms with van der Waals surface area (Å²) >= 11 is 7.75. The number of likely N-dealkylation sites (N-methyl/N-ethyl adjacent to an activating group) is 1. The van der Waals surface area contributed by atoms with Crippen molar-refractivity contribution in [2.45, 2.75) is 12.5 Å². The summed E-state index contributed by atoms with van der Waals surface area (Å²) in [6.45, 7) is 0.810. The SMILES string of the molecule is COc1ccc(Cl)cc1N1CC(C(=O)NCC(c2cccs2)N(C)C)CC1=O. The van der Waals surface area contributed by atoms with Crippen LogP contribution in [0.3, 0.4) is 0 Å². The Labute approximate surface area is 174 Å². The molecule has 1 saturated heterocycles. The Bertz CT molecular complexity index is 841. The predicted molar refractivity (Wildman–Crippen MR) is 112 cm³/mol. The van der Waals surface area contributed by atoms with Crippen molar-refractivity contribution >= 4 is 40.4 Å². The molecule has 2 heterocycles. The molecule has 0 aliphatic carbocycles. The number of thiophene rings is 1. The van der Waals surface area contributed by atoms with Gasteiger partial charge < -0.3 is 19.9 Å². The van der Waals surface area contributed by atoms with Crippen LogP contribution < -0.4 is 15.0 Å². The molecule has 1 fully saturated rings. The van der Waals surface area contributed by atoms with Gasteiger partial charge in [-0.2, -0.15) is 0 Å². The van der Waals surface area contributed by atoms with Crippen LogP contribution in [0.1, 0.15) is 17.3 Å². The minimum absolute atomic E-state index is 0.102. The molecule has 28 heavy (non-hydrogen) atoms. The van der Waals surface area contributed by atoms with Gasteiger partial charge in [-0.3, -0.25) is 9.59 Å². The van der Waals surface area contributed by atoms with Gasteiger partial charge in [0.2, 0.25) is 11.8 Å². The van der Waals surface area contributed by atoms with Crippen molar-refractivity contribution in [3.05, 3.63) is 45.6 Å². The van der Waals surface area contributed by atoms with E-state index in [4.69, 9.17) is 16.3 Å². The Morgan fingerprint density at radius 3 is 2.86 bits per heavy atom. The smallest absolute Gasteiger partial charge is 0.227 e. The Morgan fingerprint density at radius 2 is 2.21 bits per heavy atom. The summed E-state index contributed by atoms with van der Waals surface area (Å²) < 4.78 is 5.35. The molecule has 1 aliphatic rings. The fraction of sp³-hybridized carbons (Fsp3) is 0.400. The van der Waals surface area contributed by atoms with Gasteiger partial charge >= 0.3 is 0 Å². The van der Waals surface area contributed by atoms with E-state index in [9.17, 15) is 9.59 Å². The van der Waals surface area contributed by atoms with Crippen molar-refractivity contribution in [2.75, 3.05) is 39.2 Å². The van der Waals surface area contributed by atoms with Gasteiger partial charge in [-0.1, -0.05) is 17.7 Å². The van der Waals surface area contributed by atoms with Gasteiger partial charge in [0.1, 0.15) is 5.75 Å². The lowest BCUT2D eigenvalue weighted by Crippen LogP contribution is -2.38. The average molecular weight is 422 g/mol. The summed E-state index contributed by atoms with van der Waals surface area (Å²) in [7, 11) is 5.52. The number of amides is 2. The summed E-state index contributed by atoms with van der Waals surface area (Å²) in [5.41, 5.74) is 0.597. The molecule has 8 heteroatoms. The summed E-state index contributed by atoms with van der Waals surface area (Å²) in [5.74, 6) is -0.0603. The second kappa shape index (κ2) is 8.94. The van der Waals surface area contributed by atoms with Crippen LogP contribution in [0.5, 0.6) is 5.75 Å². The van der Waals surface area contributed by atoms with E-state index in [1.165, 1.54) is 4.88 Å². The molecule has 0 spiro atoms. The van der Waals surface area contributed by atoms with Crippen LogP contribution in [0, 0.1) is 5.92 Å². The molecule has 6 nitrogen and oxygen atoms in total. The van der Waals surface area contributed by atoms with Crippen molar-refractivity contribution in [3.63, 3.8) is 0 Å². The number of halogens is 1. The molecule has 0 saturated carbocycles. The number of rotatable bonds is 7. The molecule has 1 aliphatic heterocycles. The van der Waals surface area contributed by atoms with Crippen molar-refractivity contribution < 1.29 is 14.3 Å². The molecule has 1 aromatic heterocycles. The van der Waals surface area contributed by atoms with Gasteiger partial charge in [-0.05, 0) is 43.7 Å². The van der Waals surface area contributed by atoms with E-state index in [-0.39, 0.29) is 24.3 Å². The zero-order valence-corrected chi connectivity index (χ0v) is 17.7. The van der Waals surface area contributed by atoms with Crippen molar-refractivity contribution in [3.8, 4) is 5.75 Å². The van der Waals surface area contributed by atoms with Crippen LogP contribution in [0.15, 0.2) is 35.7 Å². The highest BCUT2D eigenvalue weighted by Gasteiger charge is 2.36. The number of carbonyl (C=O) groups is 2. The third-order valence-electron chi connectivity index (χ3n) is 4.89. The number of hydrogen-bond acceptors (Lipinski definition) is 5. The highest BCUT2D eigenvalue weighted by molar-refractivity contribution is 7.10. The van der Waals surface area contributed by atoms with E-state index in [1.54, 1.807) is 41.5 Å². The first-order chi connectivity index (χ1) is 13.4. The first-order valence-electron chi connectivity index (χ1n) is 9.02. The molecule has 2 atom stereocenters. The Morgan fingerprint density at radius 1 is 1.43 bits per heavy atom. The van der Waals surface area contributed by atoms with E-state index in [0.29, 0.717) is 29.5 Å². The van der Waals surface area contributed by atoms with Crippen LogP contribution in [-0.2, 0) is 9.59 Å². The summed E-state index contributed by atoms with van der Waals surface area (Å²) in [6, 6.07) is 9.29. The van der Waals surface area contributed by atoms with Crippen LogP contribution in [0.2, 0.25) is 5.02 Å². The summed E-state index contributed by atoms with van der Waals surface area (Å²) in [6.07, 6.45) is 0.174. The normalized spacial score (nSPS) is 17.8. The molecule has 1 N–H and O–H groups in total. The number of nitrogens with zero attached hydrogens (tertiary/aromatic N) is 2. The maximum Gasteiger partial charge on any atom is 0.227 e. The van der Waals surface area contributed by atoms with Crippen molar-refractivity contribution in [2.24, 2.45) is 5.92 Å². The van der Waals surface area contributed by atoms with Gasteiger partial charge in [-0.25, -0.2) is 0 Å². The monoisotopic (exact) mass is 421 g/mol. The largest absolute Gasteiger partial charge is 0.495 e. The van der Waals surface area contributed by atoms with Crippen LogP contribution in [0.25, 0.3) is 0 Å². The minimum atomic E-state index is -0.401. The number of carbonyl (C=O) groups excluding carboxylic acids is 2. The lowest BCUT2D eigenvalue weighted by Gasteiger charge is -2.24. The number of benzene rings is 1. The van der Waals surface area contributed by atoms with Gasteiger partial charge in [0.05, 0.1) is 24.8 Å². The maximum atomic E-state index is 12.7. The Kier molecular flexibility index (Phi) is 6.59. The van der Waals surface area contributed by atoms with E-state index in [0.717, 1.165) is 0 Å². The second-order valence-corrected chi connectivity index (χ2v) is 8.38. The first-order valence-corrected chi connectivity index (χ1v) is 10.3.